The van der Waals surface area contributed by atoms with Crippen LogP contribution in [0.4, 0.5) is 4.39 Å². The molecule has 3 rings (SSSR count). The van der Waals surface area contributed by atoms with Gasteiger partial charge in [-0.1, -0.05) is 18.6 Å². The van der Waals surface area contributed by atoms with E-state index < -0.39 is 5.60 Å². The van der Waals surface area contributed by atoms with Crippen LogP contribution in [0, 0.1) is 12.7 Å². The highest BCUT2D eigenvalue weighted by Crippen LogP contribution is 2.49. The molecule has 0 amide bonds. The van der Waals surface area contributed by atoms with Crippen LogP contribution in [0.25, 0.3) is 0 Å². The van der Waals surface area contributed by atoms with Gasteiger partial charge in [-0.2, -0.15) is 11.8 Å². The first-order valence-electron chi connectivity index (χ1n) is 6.71. The van der Waals surface area contributed by atoms with Crippen molar-refractivity contribution in [2.24, 2.45) is 0 Å². The van der Waals surface area contributed by atoms with E-state index in [2.05, 4.69) is 0 Å². The molecule has 1 nitrogen and oxygen atoms in total. The van der Waals surface area contributed by atoms with E-state index in [4.69, 9.17) is 0 Å². The van der Waals surface area contributed by atoms with Crippen molar-refractivity contribution in [1.29, 1.82) is 0 Å². The van der Waals surface area contributed by atoms with Crippen LogP contribution < -0.4 is 0 Å². The minimum absolute atomic E-state index is 0.248. The molecule has 2 saturated heterocycles. The van der Waals surface area contributed by atoms with Gasteiger partial charge in [0.05, 0.1) is 5.60 Å². The Hall–Kier alpha value is -0.540. The minimum Gasteiger partial charge on any atom is -0.385 e. The number of hydrogen-bond acceptors (Lipinski definition) is 2. The van der Waals surface area contributed by atoms with Crippen molar-refractivity contribution in [3.8, 4) is 0 Å². The number of rotatable bonds is 1. The summed E-state index contributed by atoms with van der Waals surface area (Å²) in [5.41, 5.74) is 0.467. The lowest BCUT2D eigenvalue weighted by Crippen LogP contribution is -2.41. The smallest absolute Gasteiger partial charge is 0.129 e. The van der Waals surface area contributed by atoms with Gasteiger partial charge in [-0.25, -0.2) is 4.39 Å². The highest BCUT2D eigenvalue weighted by atomic mass is 32.2. The Morgan fingerprint density at radius 1 is 1.28 bits per heavy atom. The Morgan fingerprint density at radius 2 is 1.94 bits per heavy atom. The third-order valence-electron chi connectivity index (χ3n) is 4.19. The van der Waals surface area contributed by atoms with Crippen molar-refractivity contribution in [3.05, 3.63) is 35.1 Å². The highest BCUT2D eigenvalue weighted by molar-refractivity contribution is 8.00. The molecular weight excluding hydrogens is 247 g/mol. The second kappa shape index (κ2) is 4.53. The molecule has 0 radical (unpaired) electrons. The third kappa shape index (κ3) is 2.19. The molecule has 0 saturated carbocycles. The van der Waals surface area contributed by atoms with Gasteiger partial charge >= 0.3 is 0 Å². The second-order valence-corrected chi connectivity index (χ2v) is 7.34. The van der Waals surface area contributed by atoms with Gasteiger partial charge < -0.3 is 5.11 Å². The predicted octanol–water partition coefficient (Wildman–Crippen LogP) is 3.77. The molecule has 2 unspecified atom stereocenters. The summed E-state index contributed by atoms with van der Waals surface area (Å²) in [5, 5.41) is 11.9. The van der Waals surface area contributed by atoms with Crippen LogP contribution in [0.5, 0.6) is 0 Å². The Labute approximate surface area is 112 Å². The van der Waals surface area contributed by atoms with Crippen molar-refractivity contribution in [1.82, 2.24) is 0 Å². The van der Waals surface area contributed by atoms with E-state index in [1.807, 2.05) is 24.8 Å². The van der Waals surface area contributed by atoms with E-state index in [1.54, 1.807) is 6.07 Å². The van der Waals surface area contributed by atoms with E-state index in [1.165, 1.54) is 12.5 Å². The summed E-state index contributed by atoms with van der Waals surface area (Å²) in [6, 6.07) is 5.20. The SMILES string of the molecule is Cc1ccc(C2(O)CC3CCCC(C2)S3)c(F)c1. The minimum atomic E-state index is -0.946. The summed E-state index contributed by atoms with van der Waals surface area (Å²) < 4.78 is 14.1. The molecule has 0 aromatic heterocycles. The van der Waals surface area contributed by atoms with Crippen LogP contribution in [-0.2, 0) is 5.60 Å². The number of thioether (sulfide) groups is 1. The van der Waals surface area contributed by atoms with Gasteiger partial charge in [0.15, 0.2) is 0 Å². The van der Waals surface area contributed by atoms with Crippen molar-refractivity contribution in [2.45, 2.75) is 55.1 Å². The quantitative estimate of drug-likeness (QED) is 0.835. The summed E-state index contributed by atoms with van der Waals surface area (Å²) in [7, 11) is 0. The van der Waals surface area contributed by atoms with Crippen LogP contribution >= 0.6 is 11.8 Å². The first kappa shape index (κ1) is 12.5. The first-order chi connectivity index (χ1) is 8.57. The van der Waals surface area contributed by atoms with Crippen LogP contribution in [0.1, 0.15) is 43.2 Å². The normalized spacial score (nSPS) is 35.5. The van der Waals surface area contributed by atoms with Crippen LogP contribution in [0.2, 0.25) is 0 Å². The van der Waals surface area contributed by atoms with Crippen molar-refractivity contribution < 1.29 is 9.50 Å². The maximum Gasteiger partial charge on any atom is 0.129 e. The fourth-order valence-electron chi connectivity index (χ4n) is 3.34. The van der Waals surface area contributed by atoms with Gasteiger partial charge in [-0.3, -0.25) is 0 Å². The average Bonchev–Trinajstić information content (AvgIpc) is 2.27. The number of halogens is 1. The number of benzene rings is 1. The van der Waals surface area contributed by atoms with E-state index >= 15 is 0 Å². The van der Waals surface area contributed by atoms with Crippen molar-refractivity contribution >= 4 is 11.8 Å². The molecule has 0 spiro atoms. The maximum atomic E-state index is 14.1. The average molecular weight is 266 g/mol. The molecule has 98 valence electrons. The lowest BCUT2D eigenvalue weighted by molar-refractivity contribution is 0.00492. The van der Waals surface area contributed by atoms with E-state index in [-0.39, 0.29) is 5.82 Å². The molecule has 2 heterocycles. The number of aliphatic hydroxyl groups is 1. The van der Waals surface area contributed by atoms with E-state index in [0.717, 1.165) is 18.4 Å². The lowest BCUT2D eigenvalue weighted by atomic mass is 9.80. The van der Waals surface area contributed by atoms with E-state index in [9.17, 15) is 9.50 Å². The van der Waals surface area contributed by atoms with Crippen LogP contribution in [0.3, 0.4) is 0 Å². The fraction of sp³-hybridized carbons (Fsp3) is 0.600. The summed E-state index contributed by atoms with van der Waals surface area (Å²) in [5.74, 6) is -0.248. The largest absolute Gasteiger partial charge is 0.385 e. The first-order valence-corrected chi connectivity index (χ1v) is 7.65. The molecule has 18 heavy (non-hydrogen) atoms. The monoisotopic (exact) mass is 266 g/mol. The zero-order valence-corrected chi connectivity index (χ0v) is 11.5. The standard InChI is InChI=1S/C15H19FOS/c1-10-5-6-13(14(16)7-10)15(17)8-11-3-2-4-12(9-15)18-11/h5-7,11-12,17H,2-4,8-9H2,1H3. The second-order valence-electron chi connectivity index (χ2n) is 5.73. The molecule has 3 heteroatoms. The number of fused-ring (bicyclic) bond motifs is 2. The summed E-state index contributed by atoms with van der Waals surface area (Å²) in [6.07, 6.45) is 4.99. The Balaban J connectivity index is 1.94. The Bertz CT molecular complexity index is 448. The topological polar surface area (TPSA) is 20.2 Å². The molecule has 1 aromatic carbocycles. The van der Waals surface area contributed by atoms with Gasteiger partial charge in [0, 0.05) is 16.1 Å². The van der Waals surface area contributed by atoms with Crippen molar-refractivity contribution in [2.75, 3.05) is 0 Å². The molecular formula is C15H19FOS. The molecule has 2 bridgehead atoms. The third-order valence-corrected chi connectivity index (χ3v) is 5.77. The van der Waals surface area contributed by atoms with E-state index in [0.29, 0.717) is 28.9 Å². The fourth-order valence-corrected chi connectivity index (χ4v) is 5.23. The number of aryl methyl sites for hydroxylation is 1. The number of hydrogen-bond donors (Lipinski definition) is 1. The molecule has 0 aliphatic carbocycles. The molecule has 2 fully saturated rings. The molecule has 1 aromatic rings. The van der Waals surface area contributed by atoms with Gasteiger partial charge in [-0.15, -0.1) is 0 Å². The molecule has 2 atom stereocenters. The van der Waals surface area contributed by atoms with Gasteiger partial charge in [0.1, 0.15) is 5.82 Å². The van der Waals surface area contributed by atoms with Crippen LogP contribution in [0.15, 0.2) is 18.2 Å². The maximum absolute atomic E-state index is 14.1. The van der Waals surface area contributed by atoms with Gasteiger partial charge in [-0.05, 0) is 44.2 Å². The molecule has 2 aliphatic rings. The summed E-state index contributed by atoms with van der Waals surface area (Å²) in [6.45, 7) is 1.88. The molecule has 2 aliphatic heterocycles. The highest BCUT2D eigenvalue weighted by Gasteiger charge is 2.43. The summed E-state index contributed by atoms with van der Waals surface area (Å²) in [4.78, 5) is 0. The Morgan fingerprint density at radius 3 is 2.56 bits per heavy atom. The van der Waals surface area contributed by atoms with Crippen molar-refractivity contribution in [3.63, 3.8) is 0 Å². The lowest BCUT2D eigenvalue weighted by Gasteiger charge is -2.44. The van der Waals surface area contributed by atoms with Crippen LogP contribution in [-0.4, -0.2) is 15.6 Å². The Kier molecular flexibility index (Phi) is 3.15. The predicted molar refractivity (Wildman–Crippen MR) is 73.3 cm³/mol. The molecule has 1 N–H and O–H groups in total. The van der Waals surface area contributed by atoms with Gasteiger partial charge in [0.25, 0.3) is 0 Å². The zero-order valence-electron chi connectivity index (χ0n) is 10.7. The van der Waals surface area contributed by atoms with Gasteiger partial charge in [0.2, 0.25) is 0 Å². The summed E-state index contributed by atoms with van der Waals surface area (Å²) >= 11 is 2.00. The zero-order chi connectivity index (χ0) is 12.8.